The first-order valence-corrected chi connectivity index (χ1v) is 31.3. The number of hydrogen-bond donors (Lipinski definition) is 2. The van der Waals surface area contributed by atoms with Crippen molar-refractivity contribution in [1.82, 2.24) is 0 Å². The molecule has 102 heavy (non-hydrogen) atoms. The molecule has 0 spiro atoms. The summed E-state index contributed by atoms with van der Waals surface area (Å²) in [6, 6.07) is 24.6. The molecule has 0 amide bonds. The highest BCUT2D eigenvalue weighted by molar-refractivity contribution is 7.86. The van der Waals surface area contributed by atoms with Crippen molar-refractivity contribution in [2.24, 2.45) is 0 Å². The molecule has 2 aliphatic rings. The predicted molar refractivity (Wildman–Crippen MR) is 310 cm³/mol. The van der Waals surface area contributed by atoms with Crippen LogP contribution in [0, 0.1) is 105 Å². The normalized spacial score (nSPS) is 14.3. The molecule has 10 aromatic rings. The van der Waals surface area contributed by atoms with Crippen molar-refractivity contribution in [3.63, 3.8) is 0 Å². The third-order valence-electron chi connectivity index (χ3n) is 15.6. The molecular formula is C67H32F18O15S2. The quantitative estimate of drug-likeness (QED) is 0.0270. The molecule has 2 fully saturated rings. The maximum absolute atomic E-state index is 15.3. The van der Waals surface area contributed by atoms with E-state index in [0.717, 1.165) is 48.5 Å². The van der Waals surface area contributed by atoms with E-state index < -0.39 is 220 Å². The number of hydrogen-bond acceptors (Lipinski definition) is 13. The highest BCUT2D eigenvalue weighted by Crippen LogP contribution is 2.47. The van der Waals surface area contributed by atoms with Gasteiger partial charge in [0.25, 0.3) is 20.2 Å². The molecule has 0 aromatic heterocycles. The standard InChI is InChI=1S/C67H32F18O15S2/c68-45-41(46(69)54(77)57(80)53(45)76)43-49(72)59(82)64(60(83)50(43)73)99-35-15-7-31(8-16-35)66(93-21-22-94-66)29-3-11-33(12-4-29)97-37-19-1-27(25-39(37)101(87,88)89)63(86)28-2-20-38(40(26-28)102(90,91)92)98-34-13-5-30(6-14-34)67(95-23-24-96-67)32-9-17-36(18-10-32)100-65-61(84)51(74)44(52(75)62(65)85)42-47(70)55(78)58(81)56(79)48(42)71/h1-20,25-26H,21-24H2,(H,87,88,89)(H,90,91,92). The second kappa shape index (κ2) is 26.8. The zero-order valence-corrected chi connectivity index (χ0v) is 51.5. The SMILES string of the molecule is O=C(c1ccc(Oc2ccc(C3(c4ccc(Oc5c(F)c(F)c(-c6c(F)c(F)c(F)c(F)c6F)c(F)c5F)cc4)OCCO3)cc2)c(S(=O)(=O)O)c1)c1ccc(Oc2ccc(C3(c4ccc(Oc5c(F)c(F)c(-c6c(F)c(F)c(F)c(F)c6F)c(F)c5F)cc4)OCCO3)cc2)c(S(=O)(=O)O)c1. The molecule has 2 aliphatic heterocycles. The van der Waals surface area contributed by atoms with E-state index in [0.29, 0.717) is 12.1 Å². The Labute approximate surface area is 559 Å². The molecule has 15 nitrogen and oxygen atoms in total. The summed E-state index contributed by atoms with van der Waals surface area (Å²) >= 11 is 0. The van der Waals surface area contributed by atoms with E-state index in [9.17, 15) is 74.6 Å². The van der Waals surface area contributed by atoms with E-state index in [1.54, 1.807) is 0 Å². The van der Waals surface area contributed by atoms with Gasteiger partial charge in [-0.2, -0.15) is 34.4 Å². The molecule has 528 valence electrons. The molecule has 2 saturated heterocycles. The summed E-state index contributed by atoms with van der Waals surface area (Å²) < 4.78 is 380. The molecule has 0 atom stereocenters. The number of carbonyl (C=O) groups is 1. The second-order valence-corrected chi connectivity index (χ2v) is 24.3. The molecule has 10 aromatic carbocycles. The van der Waals surface area contributed by atoms with Crippen LogP contribution in [0.4, 0.5) is 79.0 Å². The fourth-order valence-corrected chi connectivity index (χ4v) is 12.1. The lowest BCUT2D eigenvalue weighted by molar-refractivity contribution is -0.130. The summed E-state index contributed by atoms with van der Waals surface area (Å²) in [6.07, 6.45) is 0. The first-order chi connectivity index (χ1) is 48.2. The van der Waals surface area contributed by atoms with Crippen molar-refractivity contribution in [3.8, 4) is 68.2 Å². The van der Waals surface area contributed by atoms with E-state index in [1.165, 1.54) is 72.8 Å². The highest BCUT2D eigenvalue weighted by atomic mass is 32.2. The van der Waals surface area contributed by atoms with Gasteiger partial charge in [0.15, 0.2) is 75.6 Å². The lowest BCUT2D eigenvalue weighted by Gasteiger charge is -2.28. The van der Waals surface area contributed by atoms with Crippen LogP contribution in [-0.2, 0) is 50.8 Å². The predicted octanol–water partition coefficient (Wildman–Crippen LogP) is 16.9. The molecule has 2 N–H and O–H groups in total. The molecule has 2 heterocycles. The number of halogens is 18. The Morgan fingerprint density at radius 1 is 0.304 bits per heavy atom. The largest absolute Gasteiger partial charge is 0.456 e. The van der Waals surface area contributed by atoms with E-state index in [2.05, 4.69) is 0 Å². The van der Waals surface area contributed by atoms with Crippen LogP contribution < -0.4 is 18.9 Å². The summed E-state index contributed by atoms with van der Waals surface area (Å²) in [5, 5.41) is 0. The van der Waals surface area contributed by atoms with Gasteiger partial charge in [0.1, 0.15) is 44.3 Å². The average molecular weight is 1480 g/mol. The van der Waals surface area contributed by atoms with Gasteiger partial charge in [0.05, 0.1) is 48.7 Å². The van der Waals surface area contributed by atoms with Crippen LogP contribution in [0.2, 0.25) is 0 Å². The zero-order chi connectivity index (χ0) is 73.6. The van der Waals surface area contributed by atoms with Gasteiger partial charge < -0.3 is 37.9 Å². The minimum atomic E-state index is -5.27. The van der Waals surface area contributed by atoms with Crippen LogP contribution in [0.1, 0.15) is 38.2 Å². The molecule has 0 saturated carbocycles. The summed E-state index contributed by atoms with van der Waals surface area (Å²) in [7, 11) is -10.5. The minimum absolute atomic E-state index is 0.0452. The van der Waals surface area contributed by atoms with E-state index in [1.807, 2.05) is 0 Å². The van der Waals surface area contributed by atoms with Crippen molar-refractivity contribution < 1.29 is 148 Å². The maximum atomic E-state index is 15.3. The smallest absolute Gasteiger partial charge is 0.298 e. The number of rotatable bonds is 18. The van der Waals surface area contributed by atoms with Crippen LogP contribution in [0.5, 0.6) is 46.0 Å². The second-order valence-electron chi connectivity index (χ2n) is 21.5. The van der Waals surface area contributed by atoms with Crippen molar-refractivity contribution in [1.29, 1.82) is 0 Å². The van der Waals surface area contributed by atoms with Crippen LogP contribution in [0.15, 0.2) is 143 Å². The van der Waals surface area contributed by atoms with Crippen LogP contribution >= 0.6 is 0 Å². The summed E-state index contributed by atoms with van der Waals surface area (Å²) in [6.45, 7) is -0.181. The number of carbonyl (C=O) groups excluding carboxylic acids is 1. The Balaban J connectivity index is 0.731. The van der Waals surface area contributed by atoms with Gasteiger partial charge in [-0.25, -0.2) is 61.5 Å². The molecule has 0 unspecified atom stereocenters. The lowest BCUT2D eigenvalue weighted by atomic mass is 9.97. The highest BCUT2D eigenvalue weighted by Gasteiger charge is 2.44. The molecular weight excluding hydrogens is 1450 g/mol. The van der Waals surface area contributed by atoms with E-state index >= 15 is 35.1 Å². The number of ketones is 1. The van der Waals surface area contributed by atoms with Gasteiger partial charge in [-0.3, -0.25) is 13.9 Å². The Morgan fingerprint density at radius 2 is 0.520 bits per heavy atom. The zero-order valence-electron chi connectivity index (χ0n) is 49.9. The van der Waals surface area contributed by atoms with Crippen molar-refractivity contribution in [2.45, 2.75) is 21.4 Å². The van der Waals surface area contributed by atoms with Crippen molar-refractivity contribution >= 4 is 26.0 Å². The Bertz CT molecular complexity index is 4910. The van der Waals surface area contributed by atoms with Gasteiger partial charge in [0.2, 0.25) is 58.0 Å². The van der Waals surface area contributed by atoms with Crippen LogP contribution in [0.3, 0.4) is 0 Å². The van der Waals surface area contributed by atoms with E-state index in [4.69, 9.17) is 37.9 Å². The Hall–Kier alpha value is -10.5. The molecule has 12 rings (SSSR count). The van der Waals surface area contributed by atoms with Crippen molar-refractivity contribution in [3.05, 3.63) is 272 Å². The molecule has 35 heteroatoms. The van der Waals surface area contributed by atoms with E-state index in [-0.39, 0.29) is 60.2 Å². The first kappa shape index (κ1) is 71.3. The summed E-state index contributed by atoms with van der Waals surface area (Å²) in [5.41, 5.74) is -9.47. The maximum Gasteiger partial charge on any atom is 0.298 e. The third kappa shape index (κ3) is 12.4. The number of benzene rings is 10. The van der Waals surface area contributed by atoms with Crippen LogP contribution in [-0.4, -0.2) is 58.2 Å². The lowest BCUT2D eigenvalue weighted by Crippen LogP contribution is -2.28. The molecule has 0 bridgehead atoms. The van der Waals surface area contributed by atoms with Gasteiger partial charge in [-0.05, 0) is 133 Å². The van der Waals surface area contributed by atoms with Gasteiger partial charge in [-0.1, -0.05) is 0 Å². The Kier molecular flexibility index (Phi) is 18.7. The molecule has 0 radical (unpaired) electrons. The Morgan fingerprint density at radius 3 is 0.755 bits per heavy atom. The average Bonchev–Trinajstić information content (AvgIpc) is 0.981. The van der Waals surface area contributed by atoms with Gasteiger partial charge >= 0.3 is 0 Å². The minimum Gasteiger partial charge on any atom is -0.456 e. The molecule has 0 aliphatic carbocycles. The van der Waals surface area contributed by atoms with Crippen molar-refractivity contribution in [2.75, 3.05) is 26.4 Å². The first-order valence-electron chi connectivity index (χ1n) is 28.4. The number of ether oxygens (including phenoxy) is 8. The fourth-order valence-electron chi connectivity index (χ4n) is 10.8. The third-order valence-corrected chi connectivity index (χ3v) is 17.3. The summed E-state index contributed by atoms with van der Waals surface area (Å²) in [4.78, 5) is 12.0. The van der Waals surface area contributed by atoms with Crippen LogP contribution in [0.25, 0.3) is 22.3 Å². The topological polar surface area (TPSA) is 200 Å². The van der Waals surface area contributed by atoms with Gasteiger partial charge in [-0.15, -0.1) is 0 Å². The fraction of sp³-hybridized carbons (Fsp3) is 0.0896. The summed E-state index contributed by atoms with van der Waals surface area (Å²) in [5.74, 6) is -58.2. The monoisotopic (exact) mass is 1480 g/mol. The van der Waals surface area contributed by atoms with Gasteiger partial charge in [0, 0.05) is 33.4 Å².